The molecule has 1 aliphatic heterocycles. The molecule has 1 unspecified atom stereocenters. The normalized spacial score (nSPS) is 20.3. The standard InChI is InChI=1S/C12H23F3N4S/c1-17(2)3-4-18-5-7-19(8-6-18)9-10(11(16)20)12(13,14)15/h10H,3-9H2,1-2H3,(H2,16,20). The Morgan fingerprint density at radius 1 is 1.20 bits per heavy atom. The molecule has 1 rings (SSSR count). The zero-order chi connectivity index (χ0) is 15.3. The Hall–Kier alpha value is -0.440. The van der Waals surface area contributed by atoms with Crippen molar-refractivity contribution in [1.29, 1.82) is 0 Å². The quantitative estimate of drug-likeness (QED) is 0.728. The van der Waals surface area contributed by atoms with Gasteiger partial charge < -0.3 is 10.6 Å². The molecule has 0 bridgehead atoms. The average molecular weight is 312 g/mol. The number of thiocarbonyl (C=S) groups is 1. The average Bonchev–Trinajstić information content (AvgIpc) is 2.33. The van der Waals surface area contributed by atoms with Crippen LogP contribution >= 0.6 is 12.2 Å². The molecular formula is C12H23F3N4S. The lowest BCUT2D eigenvalue weighted by molar-refractivity contribution is -0.160. The number of hydrogen-bond acceptors (Lipinski definition) is 4. The van der Waals surface area contributed by atoms with E-state index in [9.17, 15) is 13.2 Å². The number of alkyl halides is 3. The van der Waals surface area contributed by atoms with Crippen LogP contribution in [0.3, 0.4) is 0 Å². The predicted octanol–water partition coefficient (Wildman–Crippen LogP) is 0.630. The topological polar surface area (TPSA) is 35.7 Å². The van der Waals surface area contributed by atoms with Crippen molar-refractivity contribution in [3.8, 4) is 0 Å². The summed E-state index contributed by atoms with van der Waals surface area (Å²) in [6, 6.07) is 0. The Morgan fingerprint density at radius 3 is 2.10 bits per heavy atom. The van der Waals surface area contributed by atoms with E-state index in [1.54, 1.807) is 4.90 Å². The summed E-state index contributed by atoms with van der Waals surface area (Å²) in [6.45, 7) is 4.61. The predicted molar refractivity (Wildman–Crippen MR) is 77.8 cm³/mol. The molecule has 0 aromatic rings. The molecule has 1 saturated heterocycles. The molecule has 0 saturated carbocycles. The van der Waals surface area contributed by atoms with Gasteiger partial charge in [0.15, 0.2) is 0 Å². The van der Waals surface area contributed by atoms with Crippen LogP contribution in [0.1, 0.15) is 0 Å². The third kappa shape index (κ3) is 5.90. The molecule has 0 aliphatic carbocycles. The van der Waals surface area contributed by atoms with Gasteiger partial charge in [0.05, 0.1) is 4.99 Å². The Balaban J connectivity index is 2.39. The fourth-order valence-corrected chi connectivity index (χ4v) is 2.36. The lowest BCUT2D eigenvalue weighted by Crippen LogP contribution is -2.52. The van der Waals surface area contributed by atoms with E-state index in [1.807, 2.05) is 14.1 Å². The fourth-order valence-electron chi connectivity index (χ4n) is 2.15. The Labute approximate surface area is 123 Å². The summed E-state index contributed by atoms with van der Waals surface area (Å²) in [5.74, 6) is -1.70. The van der Waals surface area contributed by atoms with Gasteiger partial charge in [-0.2, -0.15) is 13.2 Å². The van der Waals surface area contributed by atoms with E-state index in [0.717, 1.165) is 26.2 Å². The number of nitrogens with two attached hydrogens (primary N) is 1. The van der Waals surface area contributed by atoms with Crippen LogP contribution in [0.4, 0.5) is 13.2 Å². The van der Waals surface area contributed by atoms with Gasteiger partial charge >= 0.3 is 6.18 Å². The van der Waals surface area contributed by atoms with Crippen LogP contribution in [-0.4, -0.2) is 85.8 Å². The van der Waals surface area contributed by atoms with Crippen molar-refractivity contribution in [3.05, 3.63) is 0 Å². The summed E-state index contributed by atoms with van der Waals surface area (Å²) in [6.07, 6.45) is -4.35. The molecule has 0 aromatic heterocycles. The second-order valence-corrected chi connectivity index (χ2v) is 5.91. The molecule has 1 fully saturated rings. The zero-order valence-electron chi connectivity index (χ0n) is 12.0. The number of rotatable bonds is 6. The van der Waals surface area contributed by atoms with Crippen LogP contribution in [0, 0.1) is 5.92 Å². The second kappa shape index (κ2) is 7.53. The minimum atomic E-state index is -4.35. The number of nitrogens with zero attached hydrogens (tertiary/aromatic N) is 3. The van der Waals surface area contributed by atoms with Crippen LogP contribution in [0.25, 0.3) is 0 Å². The van der Waals surface area contributed by atoms with Gasteiger partial charge in [0.2, 0.25) is 0 Å². The van der Waals surface area contributed by atoms with Gasteiger partial charge in [-0.1, -0.05) is 12.2 Å². The van der Waals surface area contributed by atoms with Gasteiger partial charge in [-0.15, -0.1) is 0 Å². The summed E-state index contributed by atoms with van der Waals surface area (Å²) in [5.41, 5.74) is 5.22. The Kier molecular flexibility index (Phi) is 6.63. The van der Waals surface area contributed by atoms with Crippen molar-refractivity contribution in [2.24, 2.45) is 11.7 Å². The molecule has 0 spiro atoms. The molecule has 4 nitrogen and oxygen atoms in total. The van der Waals surface area contributed by atoms with Crippen LogP contribution in [0.2, 0.25) is 0 Å². The maximum absolute atomic E-state index is 12.8. The van der Waals surface area contributed by atoms with Crippen molar-refractivity contribution < 1.29 is 13.2 Å². The first-order valence-electron chi connectivity index (χ1n) is 6.65. The van der Waals surface area contributed by atoms with E-state index in [4.69, 9.17) is 5.73 Å². The van der Waals surface area contributed by atoms with E-state index in [0.29, 0.717) is 13.1 Å². The van der Waals surface area contributed by atoms with Crippen LogP contribution < -0.4 is 5.73 Å². The van der Waals surface area contributed by atoms with Gasteiger partial charge in [0.1, 0.15) is 5.92 Å². The maximum Gasteiger partial charge on any atom is 0.399 e. The zero-order valence-corrected chi connectivity index (χ0v) is 12.8. The van der Waals surface area contributed by atoms with Gasteiger partial charge in [-0.05, 0) is 14.1 Å². The van der Waals surface area contributed by atoms with Crippen molar-refractivity contribution >= 4 is 17.2 Å². The van der Waals surface area contributed by atoms with E-state index in [2.05, 4.69) is 22.0 Å². The van der Waals surface area contributed by atoms with Crippen molar-refractivity contribution in [3.63, 3.8) is 0 Å². The molecule has 2 N–H and O–H groups in total. The second-order valence-electron chi connectivity index (χ2n) is 5.44. The molecule has 0 radical (unpaired) electrons. The molecule has 1 aliphatic rings. The number of piperazine rings is 1. The van der Waals surface area contributed by atoms with Gasteiger partial charge in [0.25, 0.3) is 0 Å². The lowest BCUT2D eigenvalue weighted by Gasteiger charge is -2.36. The first kappa shape index (κ1) is 17.6. The summed E-state index contributed by atoms with van der Waals surface area (Å²) in [4.78, 5) is 5.69. The Bertz CT molecular complexity index is 314. The molecule has 118 valence electrons. The molecule has 8 heteroatoms. The SMILES string of the molecule is CN(C)CCN1CCN(CC(C(N)=S)C(F)(F)F)CC1. The summed E-state index contributed by atoms with van der Waals surface area (Å²) >= 11 is 4.54. The summed E-state index contributed by atoms with van der Waals surface area (Å²) in [5, 5.41) is 0. The minimum absolute atomic E-state index is 0.125. The van der Waals surface area contributed by atoms with Crippen molar-refractivity contribution in [2.75, 3.05) is 59.9 Å². The molecule has 20 heavy (non-hydrogen) atoms. The van der Waals surface area contributed by atoms with Crippen LogP contribution in [0.15, 0.2) is 0 Å². The highest BCUT2D eigenvalue weighted by molar-refractivity contribution is 7.80. The molecule has 1 heterocycles. The summed E-state index contributed by atoms with van der Waals surface area (Å²) < 4.78 is 38.4. The maximum atomic E-state index is 12.8. The van der Waals surface area contributed by atoms with E-state index in [1.165, 1.54) is 0 Å². The third-order valence-electron chi connectivity index (χ3n) is 3.51. The fraction of sp³-hybridized carbons (Fsp3) is 0.917. The van der Waals surface area contributed by atoms with Crippen LogP contribution in [0.5, 0.6) is 0 Å². The molecule has 0 amide bonds. The number of halogens is 3. The first-order chi connectivity index (χ1) is 9.20. The van der Waals surface area contributed by atoms with E-state index >= 15 is 0 Å². The minimum Gasteiger partial charge on any atom is -0.393 e. The smallest absolute Gasteiger partial charge is 0.393 e. The third-order valence-corrected chi connectivity index (χ3v) is 3.79. The lowest BCUT2D eigenvalue weighted by atomic mass is 10.1. The van der Waals surface area contributed by atoms with Gasteiger partial charge in [-0.3, -0.25) is 9.80 Å². The number of hydrogen-bond donors (Lipinski definition) is 1. The first-order valence-corrected chi connectivity index (χ1v) is 7.06. The van der Waals surface area contributed by atoms with E-state index < -0.39 is 17.1 Å². The van der Waals surface area contributed by atoms with Crippen LogP contribution in [-0.2, 0) is 0 Å². The molecule has 1 atom stereocenters. The highest BCUT2D eigenvalue weighted by atomic mass is 32.1. The van der Waals surface area contributed by atoms with Crippen molar-refractivity contribution in [1.82, 2.24) is 14.7 Å². The number of likely N-dealkylation sites (N-methyl/N-ethyl adjacent to an activating group) is 1. The molecular weight excluding hydrogens is 289 g/mol. The summed E-state index contributed by atoms with van der Waals surface area (Å²) in [7, 11) is 4.01. The van der Waals surface area contributed by atoms with E-state index in [-0.39, 0.29) is 6.54 Å². The van der Waals surface area contributed by atoms with Gasteiger partial charge in [-0.25, -0.2) is 0 Å². The largest absolute Gasteiger partial charge is 0.399 e. The Morgan fingerprint density at radius 2 is 1.70 bits per heavy atom. The highest BCUT2D eigenvalue weighted by Gasteiger charge is 2.42. The highest BCUT2D eigenvalue weighted by Crippen LogP contribution is 2.27. The monoisotopic (exact) mass is 312 g/mol. The molecule has 0 aromatic carbocycles. The van der Waals surface area contributed by atoms with Gasteiger partial charge in [0, 0.05) is 45.8 Å². The van der Waals surface area contributed by atoms with Crippen molar-refractivity contribution in [2.45, 2.75) is 6.18 Å².